The van der Waals surface area contributed by atoms with Gasteiger partial charge in [0.1, 0.15) is 5.01 Å². The monoisotopic (exact) mass is 416 g/mol. The lowest BCUT2D eigenvalue weighted by Crippen LogP contribution is -2.48. The molecule has 29 heavy (non-hydrogen) atoms. The first-order valence-electron chi connectivity index (χ1n) is 9.67. The highest BCUT2D eigenvalue weighted by molar-refractivity contribution is 7.13. The number of nitrogens with zero attached hydrogens (tertiary/aromatic N) is 2. The number of nitrogens with one attached hydrogen (secondary N) is 2. The summed E-state index contributed by atoms with van der Waals surface area (Å²) in [6.07, 6.45) is 7.41. The largest absolute Gasteiger partial charge is 0.452 e. The number of imide groups is 1. The highest BCUT2D eigenvalue weighted by Gasteiger charge is 2.22. The Labute approximate surface area is 173 Å². The molecule has 0 saturated heterocycles. The molecule has 2 aromatic rings. The van der Waals surface area contributed by atoms with Crippen molar-refractivity contribution in [2.24, 2.45) is 0 Å². The number of carbonyl (C=O) groups excluding carboxylic acids is 3. The molecule has 0 aromatic carbocycles. The van der Waals surface area contributed by atoms with Crippen LogP contribution in [0.25, 0.3) is 10.6 Å². The molecular formula is C20H24N4O4S. The van der Waals surface area contributed by atoms with E-state index in [9.17, 15) is 14.4 Å². The molecular weight excluding hydrogens is 392 g/mol. The van der Waals surface area contributed by atoms with Gasteiger partial charge in [0, 0.05) is 29.4 Å². The maximum absolute atomic E-state index is 12.1. The topological polar surface area (TPSA) is 110 Å². The maximum atomic E-state index is 12.1. The Kier molecular flexibility index (Phi) is 7.29. The Balaban J connectivity index is 1.44. The standard InChI is InChI=1S/C20H24N4O4S/c1-13(18(26)24-20(27)23-15-7-3-2-4-8-15)28-17(25)10-16-12-29-19(22-16)14-6-5-9-21-11-14/h5-6,9,11-13,15H,2-4,7-8,10H2,1H3,(H2,23,24,26,27)/t13-/m1/s1. The van der Waals surface area contributed by atoms with Crippen molar-refractivity contribution >= 4 is 29.2 Å². The SMILES string of the molecule is C[C@@H](OC(=O)Cc1csc(-c2cccnc2)n1)C(=O)NC(=O)NC1CCCCC1. The quantitative estimate of drug-likeness (QED) is 0.701. The number of ether oxygens (including phenoxy) is 1. The fraction of sp³-hybridized carbons (Fsp3) is 0.450. The van der Waals surface area contributed by atoms with Crippen molar-refractivity contribution in [2.75, 3.05) is 0 Å². The average molecular weight is 417 g/mol. The first kappa shape index (κ1) is 20.9. The maximum Gasteiger partial charge on any atom is 0.321 e. The van der Waals surface area contributed by atoms with Crippen LogP contribution in [0.4, 0.5) is 4.79 Å². The van der Waals surface area contributed by atoms with E-state index in [1.165, 1.54) is 24.7 Å². The highest BCUT2D eigenvalue weighted by atomic mass is 32.1. The summed E-state index contributed by atoms with van der Waals surface area (Å²) in [6, 6.07) is 3.24. The van der Waals surface area contributed by atoms with Crippen molar-refractivity contribution in [2.45, 2.75) is 57.6 Å². The van der Waals surface area contributed by atoms with Crippen molar-refractivity contribution in [3.8, 4) is 10.6 Å². The van der Waals surface area contributed by atoms with Gasteiger partial charge in [0.05, 0.1) is 12.1 Å². The molecule has 1 aliphatic rings. The number of aromatic nitrogens is 2. The lowest BCUT2D eigenvalue weighted by atomic mass is 9.96. The van der Waals surface area contributed by atoms with Crippen LogP contribution < -0.4 is 10.6 Å². The molecule has 8 nitrogen and oxygen atoms in total. The molecule has 1 atom stereocenters. The van der Waals surface area contributed by atoms with Crippen molar-refractivity contribution < 1.29 is 19.1 Å². The Morgan fingerprint density at radius 3 is 2.79 bits per heavy atom. The highest BCUT2D eigenvalue weighted by Crippen LogP contribution is 2.23. The number of esters is 1. The lowest BCUT2D eigenvalue weighted by Gasteiger charge is -2.23. The third-order valence-corrected chi connectivity index (χ3v) is 5.58. The Morgan fingerprint density at radius 2 is 2.07 bits per heavy atom. The van der Waals surface area contributed by atoms with Gasteiger partial charge in [-0.25, -0.2) is 9.78 Å². The lowest BCUT2D eigenvalue weighted by molar-refractivity contribution is -0.153. The smallest absolute Gasteiger partial charge is 0.321 e. The number of pyridine rings is 1. The van der Waals surface area contributed by atoms with Crippen molar-refractivity contribution in [3.63, 3.8) is 0 Å². The predicted molar refractivity (Wildman–Crippen MR) is 108 cm³/mol. The van der Waals surface area contributed by atoms with Crippen LogP contribution in [0.15, 0.2) is 29.9 Å². The van der Waals surface area contributed by atoms with E-state index >= 15 is 0 Å². The zero-order valence-corrected chi connectivity index (χ0v) is 17.0. The number of hydrogen-bond donors (Lipinski definition) is 2. The number of amides is 3. The molecule has 3 rings (SSSR count). The molecule has 0 spiro atoms. The van der Waals surface area contributed by atoms with Gasteiger partial charge in [-0.05, 0) is 31.9 Å². The minimum absolute atomic E-state index is 0.0529. The minimum Gasteiger partial charge on any atom is -0.452 e. The second-order valence-corrected chi connectivity index (χ2v) is 7.85. The van der Waals surface area contributed by atoms with Crippen LogP contribution in [0.3, 0.4) is 0 Å². The van der Waals surface area contributed by atoms with E-state index in [1.54, 1.807) is 17.8 Å². The molecule has 2 N–H and O–H groups in total. The van der Waals surface area contributed by atoms with E-state index in [2.05, 4.69) is 20.6 Å². The van der Waals surface area contributed by atoms with Crippen LogP contribution in [-0.4, -0.2) is 40.0 Å². The van der Waals surface area contributed by atoms with Gasteiger partial charge in [-0.1, -0.05) is 19.3 Å². The van der Waals surface area contributed by atoms with Gasteiger partial charge in [0.25, 0.3) is 5.91 Å². The third kappa shape index (κ3) is 6.35. The van der Waals surface area contributed by atoms with Gasteiger partial charge < -0.3 is 10.1 Å². The number of urea groups is 1. The average Bonchev–Trinajstić information content (AvgIpc) is 3.17. The molecule has 1 aliphatic carbocycles. The van der Waals surface area contributed by atoms with Crippen LogP contribution in [0.1, 0.15) is 44.7 Å². The van der Waals surface area contributed by atoms with E-state index in [0.717, 1.165) is 36.3 Å². The van der Waals surface area contributed by atoms with Crippen molar-refractivity contribution in [1.82, 2.24) is 20.6 Å². The summed E-state index contributed by atoms with van der Waals surface area (Å²) in [6.45, 7) is 1.43. The molecule has 1 fully saturated rings. The van der Waals surface area contributed by atoms with Crippen LogP contribution in [0.2, 0.25) is 0 Å². The van der Waals surface area contributed by atoms with E-state index in [-0.39, 0.29) is 12.5 Å². The molecule has 1 saturated carbocycles. The van der Waals surface area contributed by atoms with Crippen LogP contribution >= 0.6 is 11.3 Å². The van der Waals surface area contributed by atoms with Gasteiger partial charge in [-0.3, -0.25) is 19.9 Å². The number of carbonyl (C=O) groups is 3. The normalized spacial score (nSPS) is 15.3. The van der Waals surface area contributed by atoms with E-state index in [4.69, 9.17) is 4.74 Å². The molecule has 2 heterocycles. The molecule has 0 aliphatic heterocycles. The summed E-state index contributed by atoms with van der Waals surface area (Å²) >= 11 is 1.40. The van der Waals surface area contributed by atoms with Gasteiger partial charge in [0.2, 0.25) is 0 Å². The van der Waals surface area contributed by atoms with Gasteiger partial charge >= 0.3 is 12.0 Å². The molecule has 0 radical (unpaired) electrons. The predicted octanol–water partition coefficient (Wildman–Crippen LogP) is 2.84. The van der Waals surface area contributed by atoms with Gasteiger partial charge in [-0.15, -0.1) is 11.3 Å². The second-order valence-electron chi connectivity index (χ2n) is 6.99. The number of thiazole rings is 1. The molecule has 2 aromatic heterocycles. The fourth-order valence-corrected chi connectivity index (χ4v) is 3.94. The summed E-state index contributed by atoms with van der Waals surface area (Å²) in [5.41, 5.74) is 1.43. The summed E-state index contributed by atoms with van der Waals surface area (Å²) < 4.78 is 5.14. The number of rotatable bonds is 6. The number of hydrogen-bond acceptors (Lipinski definition) is 7. The summed E-state index contributed by atoms with van der Waals surface area (Å²) in [7, 11) is 0. The zero-order valence-electron chi connectivity index (χ0n) is 16.2. The van der Waals surface area contributed by atoms with Gasteiger partial charge in [-0.2, -0.15) is 0 Å². The van der Waals surface area contributed by atoms with E-state index in [1.807, 2.05) is 12.1 Å². The summed E-state index contributed by atoms with van der Waals surface area (Å²) in [5, 5.41) is 7.55. The molecule has 0 bridgehead atoms. The van der Waals surface area contributed by atoms with Crippen LogP contribution in [-0.2, 0) is 20.7 Å². The first-order chi connectivity index (χ1) is 14.0. The zero-order chi connectivity index (χ0) is 20.6. The van der Waals surface area contributed by atoms with Crippen molar-refractivity contribution in [1.29, 1.82) is 0 Å². The third-order valence-electron chi connectivity index (χ3n) is 4.64. The Hall–Kier alpha value is -2.81. The molecule has 9 heteroatoms. The molecule has 0 unspecified atom stereocenters. The van der Waals surface area contributed by atoms with E-state index in [0.29, 0.717) is 5.69 Å². The Bertz CT molecular complexity index is 849. The second kappa shape index (κ2) is 10.1. The minimum atomic E-state index is -1.07. The Morgan fingerprint density at radius 1 is 1.28 bits per heavy atom. The fourth-order valence-electron chi connectivity index (χ4n) is 3.13. The van der Waals surface area contributed by atoms with Crippen LogP contribution in [0, 0.1) is 0 Å². The summed E-state index contributed by atoms with van der Waals surface area (Å²) in [5.74, 6) is -1.23. The molecule has 3 amide bonds. The first-order valence-corrected chi connectivity index (χ1v) is 10.5. The van der Waals surface area contributed by atoms with Crippen LogP contribution in [0.5, 0.6) is 0 Å². The van der Waals surface area contributed by atoms with E-state index < -0.39 is 24.0 Å². The van der Waals surface area contributed by atoms with Crippen molar-refractivity contribution in [3.05, 3.63) is 35.6 Å². The summed E-state index contributed by atoms with van der Waals surface area (Å²) in [4.78, 5) is 44.6. The van der Waals surface area contributed by atoms with Gasteiger partial charge in [0.15, 0.2) is 6.10 Å². The molecule has 154 valence electrons.